The van der Waals surface area contributed by atoms with Crippen LogP contribution in [0.4, 0.5) is 0 Å². The number of nitrogens with zero attached hydrogens (tertiary/aromatic N) is 5. The summed E-state index contributed by atoms with van der Waals surface area (Å²) in [5, 5.41) is 14.9. The fourth-order valence-electron chi connectivity index (χ4n) is 2.34. The van der Waals surface area contributed by atoms with E-state index >= 15 is 0 Å². The summed E-state index contributed by atoms with van der Waals surface area (Å²) in [5.74, 6) is 1.29. The van der Waals surface area contributed by atoms with E-state index in [0.29, 0.717) is 38.0 Å². The Kier molecular flexibility index (Phi) is 3.94. The summed E-state index contributed by atoms with van der Waals surface area (Å²) in [4.78, 5) is 16.9. The minimum atomic E-state index is -0.211. The Morgan fingerprint density at radius 1 is 1.36 bits per heavy atom. The minimum Gasteiger partial charge on any atom is -0.344 e. The van der Waals surface area contributed by atoms with E-state index in [1.165, 1.54) is 11.3 Å². The standard InChI is InChI=1S/C15H11ClN6O2S/c1-8-18-15(24-21-8)9-3-2-6-22-12(19-20-13(9)22)7-17-14(23)10-4-5-11(16)25-10/h2-6H,7H2,1H3,(H,17,23). The predicted molar refractivity (Wildman–Crippen MR) is 91.5 cm³/mol. The molecule has 0 aliphatic heterocycles. The third-order valence-electron chi connectivity index (χ3n) is 3.47. The van der Waals surface area contributed by atoms with Gasteiger partial charge in [0.25, 0.3) is 11.8 Å². The lowest BCUT2D eigenvalue weighted by atomic mass is 10.2. The molecule has 0 saturated carbocycles. The number of fused-ring (bicyclic) bond motifs is 1. The highest BCUT2D eigenvalue weighted by atomic mass is 35.5. The maximum absolute atomic E-state index is 12.1. The molecule has 0 saturated heterocycles. The molecule has 4 rings (SSSR count). The van der Waals surface area contributed by atoms with Crippen LogP contribution in [0.2, 0.25) is 4.34 Å². The summed E-state index contributed by atoms with van der Waals surface area (Å²) >= 11 is 7.07. The Hall–Kier alpha value is -2.78. The number of rotatable bonds is 4. The molecule has 0 aromatic carbocycles. The number of aryl methyl sites for hydroxylation is 1. The lowest BCUT2D eigenvalue weighted by molar-refractivity contribution is 0.0954. The molecule has 4 heterocycles. The topological polar surface area (TPSA) is 98.2 Å². The zero-order valence-corrected chi connectivity index (χ0v) is 14.5. The Bertz CT molecular complexity index is 1070. The number of halogens is 1. The van der Waals surface area contributed by atoms with E-state index < -0.39 is 0 Å². The number of hydrogen-bond donors (Lipinski definition) is 1. The van der Waals surface area contributed by atoms with Gasteiger partial charge in [-0.3, -0.25) is 9.20 Å². The number of carbonyl (C=O) groups is 1. The summed E-state index contributed by atoms with van der Waals surface area (Å²) in [6.07, 6.45) is 1.81. The molecule has 8 nitrogen and oxygen atoms in total. The van der Waals surface area contributed by atoms with Gasteiger partial charge in [0.05, 0.1) is 21.3 Å². The molecule has 4 aromatic rings. The molecule has 1 amide bonds. The molecule has 126 valence electrons. The van der Waals surface area contributed by atoms with Crippen LogP contribution >= 0.6 is 22.9 Å². The number of nitrogens with one attached hydrogen (secondary N) is 1. The number of hydrogen-bond acceptors (Lipinski definition) is 7. The van der Waals surface area contributed by atoms with Gasteiger partial charge in [-0.2, -0.15) is 4.98 Å². The van der Waals surface area contributed by atoms with E-state index in [1.54, 1.807) is 23.5 Å². The van der Waals surface area contributed by atoms with Crippen molar-refractivity contribution in [2.24, 2.45) is 0 Å². The van der Waals surface area contributed by atoms with E-state index in [4.69, 9.17) is 16.1 Å². The molecular weight excluding hydrogens is 364 g/mol. The molecule has 0 aliphatic carbocycles. The smallest absolute Gasteiger partial charge is 0.261 e. The van der Waals surface area contributed by atoms with Crippen molar-refractivity contribution >= 4 is 34.5 Å². The van der Waals surface area contributed by atoms with Crippen molar-refractivity contribution < 1.29 is 9.32 Å². The van der Waals surface area contributed by atoms with Crippen LogP contribution in [0.15, 0.2) is 35.0 Å². The Morgan fingerprint density at radius 2 is 2.24 bits per heavy atom. The van der Waals surface area contributed by atoms with Crippen molar-refractivity contribution in [3.05, 3.63) is 51.3 Å². The average Bonchev–Trinajstić information content (AvgIpc) is 3.32. The van der Waals surface area contributed by atoms with Crippen molar-refractivity contribution in [3.63, 3.8) is 0 Å². The molecular formula is C15H11ClN6O2S. The fraction of sp³-hybridized carbons (Fsp3) is 0.133. The third kappa shape index (κ3) is 2.99. The SMILES string of the molecule is Cc1noc(-c2cccn3c(CNC(=O)c4ccc(Cl)s4)nnc23)n1. The summed E-state index contributed by atoms with van der Waals surface area (Å²) in [6.45, 7) is 1.97. The van der Waals surface area contributed by atoms with E-state index in [0.717, 1.165) is 0 Å². The van der Waals surface area contributed by atoms with Gasteiger partial charge in [-0.1, -0.05) is 16.8 Å². The van der Waals surface area contributed by atoms with Gasteiger partial charge < -0.3 is 9.84 Å². The van der Waals surface area contributed by atoms with E-state index in [9.17, 15) is 4.79 Å². The monoisotopic (exact) mass is 374 g/mol. The number of pyridine rings is 1. The zero-order chi connectivity index (χ0) is 17.4. The molecule has 0 aliphatic rings. The highest BCUT2D eigenvalue weighted by Gasteiger charge is 2.16. The molecule has 0 bridgehead atoms. The molecule has 1 N–H and O–H groups in total. The van der Waals surface area contributed by atoms with Gasteiger partial charge in [-0.25, -0.2) is 0 Å². The summed E-state index contributed by atoms with van der Waals surface area (Å²) in [5.41, 5.74) is 1.26. The molecule has 0 radical (unpaired) electrons. The van der Waals surface area contributed by atoms with Crippen LogP contribution < -0.4 is 5.32 Å². The summed E-state index contributed by atoms with van der Waals surface area (Å²) in [6, 6.07) is 7.02. The molecule has 25 heavy (non-hydrogen) atoms. The van der Waals surface area contributed by atoms with Gasteiger partial charge in [0.2, 0.25) is 0 Å². The van der Waals surface area contributed by atoms with Crippen molar-refractivity contribution in [3.8, 4) is 11.5 Å². The number of thiophene rings is 1. The van der Waals surface area contributed by atoms with Crippen LogP contribution in [-0.4, -0.2) is 30.6 Å². The van der Waals surface area contributed by atoms with Crippen molar-refractivity contribution in [2.45, 2.75) is 13.5 Å². The van der Waals surface area contributed by atoms with Gasteiger partial charge >= 0.3 is 0 Å². The highest BCUT2D eigenvalue weighted by molar-refractivity contribution is 7.17. The largest absolute Gasteiger partial charge is 0.344 e. The van der Waals surface area contributed by atoms with Crippen LogP contribution in [0.25, 0.3) is 17.1 Å². The Labute approximate surface area is 150 Å². The van der Waals surface area contributed by atoms with Gasteiger partial charge in [-0.05, 0) is 31.2 Å². The maximum atomic E-state index is 12.1. The second kappa shape index (κ2) is 6.26. The van der Waals surface area contributed by atoms with E-state index in [1.807, 2.05) is 18.3 Å². The van der Waals surface area contributed by atoms with Crippen LogP contribution in [0.1, 0.15) is 21.3 Å². The van der Waals surface area contributed by atoms with Gasteiger partial charge in [0, 0.05) is 6.20 Å². The first-order chi connectivity index (χ1) is 12.1. The van der Waals surface area contributed by atoms with Crippen LogP contribution in [-0.2, 0) is 6.54 Å². The lowest BCUT2D eigenvalue weighted by Gasteiger charge is -2.03. The van der Waals surface area contributed by atoms with Gasteiger partial charge in [-0.15, -0.1) is 21.5 Å². The number of amides is 1. The molecule has 4 aromatic heterocycles. The Morgan fingerprint density at radius 3 is 2.96 bits per heavy atom. The summed E-state index contributed by atoms with van der Waals surface area (Å²) < 4.78 is 7.54. The van der Waals surface area contributed by atoms with Gasteiger partial charge in [0.1, 0.15) is 0 Å². The summed E-state index contributed by atoms with van der Waals surface area (Å²) in [7, 11) is 0. The van der Waals surface area contributed by atoms with Crippen molar-refractivity contribution in [2.75, 3.05) is 0 Å². The molecule has 0 atom stereocenters. The normalized spacial score (nSPS) is 11.1. The highest BCUT2D eigenvalue weighted by Crippen LogP contribution is 2.23. The van der Waals surface area contributed by atoms with E-state index in [2.05, 4.69) is 25.7 Å². The molecule has 0 fully saturated rings. The first-order valence-corrected chi connectivity index (χ1v) is 8.48. The fourth-order valence-corrected chi connectivity index (χ4v) is 3.30. The number of aromatic nitrogens is 5. The number of carbonyl (C=O) groups excluding carboxylic acids is 1. The van der Waals surface area contributed by atoms with Crippen molar-refractivity contribution in [1.29, 1.82) is 0 Å². The lowest BCUT2D eigenvalue weighted by Crippen LogP contribution is -2.23. The van der Waals surface area contributed by atoms with Crippen molar-refractivity contribution in [1.82, 2.24) is 30.1 Å². The predicted octanol–water partition coefficient (Wildman–Crippen LogP) is 2.73. The quantitative estimate of drug-likeness (QED) is 0.589. The Balaban J connectivity index is 1.60. The van der Waals surface area contributed by atoms with E-state index in [-0.39, 0.29) is 12.5 Å². The second-order valence-corrected chi connectivity index (χ2v) is 6.88. The maximum Gasteiger partial charge on any atom is 0.261 e. The molecule has 10 heteroatoms. The van der Waals surface area contributed by atoms with Gasteiger partial charge in [0.15, 0.2) is 17.3 Å². The first-order valence-electron chi connectivity index (χ1n) is 7.28. The first kappa shape index (κ1) is 15.7. The van der Waals surface area contributed by atoms with Crippen LogP contribution in [0.3, 0.4) is 0 Å². The molecule has 0 unspecified atom stereocenters. The third-order valence-corrected chi connectivity index (χ3v) is 4.70. The second-order valence-electron chi connectivity index (χ2n) is 5.16. The van der Waals surface area contributed by atoms with Crippen LogP contribution in [0.5, 0.6) is 0 Å². The minimum absolute atomic E-state index is 0.211. The average molecular weight is 375 g/mol. The van der Waals surface area contributed by atoms with Crippen LogP contribution in [0, 0.1) is 6.92 Å². The zero-order valence-electron chi connectivity index (χ0n) is 12.9. The molecule has 0 spiro atoms.